The number of hydrogen-bond donors (Lipinski definition) is 7. The standard InChI is InChI=1S/C19H27N7O.C13H14ClN5O.C12H23NO2/c1-11(2)13-8-5-9-16(22-13)24-15-10-17(25-26-18(15)19(21)27)23-14-7-4-3-6-12(14)20;1-7(2)8-4-3-5-11(16-8)17-9-6-10(14)18-19-12(9)13(15)20;1-9-7-5-6-8-10(9)13-11(14)15-12(2,3)4/h5,8-12,14H,3-4,6-7,20H2,1-2H3,(H2,21,27)(H2,22,23,24,25);3-7H,1-2H3,(H2,15,20)(H,16,17,18);9-10H,5-8H2,1-4H3,(H,13,14)/t12-,14+;;9-,10+/m0.1/s1. The van der Waals surface area contributed by atoms with Gasteiger partial charge in [0.05, 0.1) is 11.4 Å². The van der Waals surface area contributed by atoms with E-state index in [9.17, 15) is 14.4 Å². The Labute approximate surface area is 369 Å². The summed E-state index contributed by atoms with van der Waals surface area (Å²) in [6.07, 6.45) is 8.77. The number of nitrogens with zero attached hydrogens (tertiary/aromatic N) is 6. The normalized spacial score (nSPS) is 18.6. The summed E-state index contributed by atoms with van der Waals surface area (Å²) in [4.78, 5) is 43.6. The van der Waals surface area contributed by atoms with E-state index in [1.165, 1.54) is 25.3 Å². The molecule has 336 valence electrons. The van der Waals surface area contributed by atoms with Gasteiger partial charge in [-0.25, -0.2) is 14.8 Å². The molecule has 0 saturated heterocycles. The Bertz CT molecular complexity index is 2110. The highest BCUT2D eigenvalue weighted by molar-refractivity contribution is 6.29. The third-order valence-corrected chi connectivity index (χ3v) is 10.4. The number of pyridine rings is 2. The maximum Gasteiger partial charge on any atom is 0.407 e. The first-order valence-corrected chi connectivity index (χ1v) is 21.7. The van der Waals surface area contributed by atoms with Gasteiger partial charge in [0.15, 0.2) is 22.4 Å². The van der Waals surface area contributed by atoms with Crippen LogP contribution < -0.4 is 38.5 Å². The molecule has 0 aliphatic heterocycles. The number of amides is 3. The number of anilines is 5. The van der Waals surface area contributed by atoms with Gasteiger partial charge in [-0.3, -0.25) is 9.59 Å². The highest BCUT2D eigenvalue weighted by atomic mass is 35.5. The summed E-state index contributed by atoms with van der Waals surface area (Å²) in [6, 6.07) is 15.1. The molecule has 0 unspecified atom stereocenters. The number of nitrogens with one attached hydrogen (secondary N) is 4. The number of nitrogens with two attached hydrogens (primary N) is 3. The molecular formula is C44H64ClN13O4. The van der Waals surface area contributed by atoms with E-state index in [0.29, 0.717) is 52.6 Å². The monoisotopic (exact) mass is 873 g/mol. The third-order valence-electron chi connectivity index (χ3n) is 10.2. The summed E-state index contributed by atoms with van der Waals surface area (Å²) in [7, 11) is 0. The second-order valence-corrected chi connectivity index (χ2v) is 17.7. The molecule has 2 aliphatic rings. The number of rotatable bonds is 11. The summed E-state index contributed by atoms with van der Waals surface area (Å²) in [6.45, 7) is 16.1. The molecule has 4 aromatic heterocycles. The van der Waals surface area contributed by atoms with E-state index >= 15 is 0 Å². The molecule has 18 heteroatoms. The molecule has 17 nitrogen and oxygen atoms in total. The number of carbonyl (C=O) groups excluding carboxylic acids is 3. The van der Waals surface area contributed by atoms with Crippen LogP contribution in [0.25, 0.3) is 0 Å². The second kappa shape index (κ2) is 23.0. The number of carbonyl (C=O) groups is 3. The first kappa shape index (κ1) is 49.0. The molecule has 4 heterocycles. The Morgan fingerprint density at radius 2 is 1.21 bits per heavy atom. The quantitative estimate of drug-likeness (QED) is 0.0751. The van der Waals surface area contributed by atoms with Crippen molar-refractivity contribution in [3.8, 4) is 0 Å². The fraction of sp³-hybridized carbons (Fsp3) is 0.523. The predicted molar refractivity (Wildman–Crippen MR) is 244 cm³/mol. The highest BCUT2D eigenvalue weighted by Crippen LogP contribution is 2.27. The predicted octanol–water partition coefficient (Wildman–Crippen LogP) is 8.10. The van der Waals surface area contributed by atoms with Crippen molar-refractivity contribution in [1.82, 2.24) is 35.7 Å². The van der Waals surface area contributed by atoms with Crippen LogP contribution >= 0.6 is 11.6 Å². The molecule has 3 amide bonds. The summed E-state index contributed by atoms with van der Waals surface area (Å²) >= 11 is 5.78. The van der Waals surface area contributed by atoms with Gasteiger partial charge in [-0.2, -0.15) is 0 Å². The Hall–Kier alpha value is -5.68. The van der Waals surface area contributed by atoms with Crippen molar-refractivity contribution in [2.75, 3.05) is 16.0 Å². The number of hydrogen-bond acceptors (Lipinski definition) is 14. The van der Waals surface area contributed by atoms with Crippen molar-refractivity contribution in [2.24, 2.45) is 23.1 Å². The third kappa shape index (κ3) is 15.7. The molecule has 0 spiro atoms. The maximum atomic E-state index is 11.8. The van der Waals surface area contributed by atoms with E-state index in [4.69, 9.17) is 33.5 Å². The first-order valence-electron chi connectivity index (χ1n) is 21.3. The van der Waals surface area contributed by atoms with Crippen molar-refractivity contribution in [3.05, 3.63) is 76.5 Å². The zero-order valence-corrected chi connectivity index (χ0v) is 37.9. The summed E-state index contributed by atoms with van der Waals surface area (Å²) in [5.74, 6) is 1.60. The van der Waals surface area contributed by atoms with E-state index in [1.807, 2.05) is 65.0 Å². The van der Waals surface area contributed by atoms with Gasteiger partial charge in [0.2, 0.25) is 0 Å². The van der Waals surface area contributed by atoms with Gasteiger partial charge in [0, 0.05) is 41.6 Å². The van der Waals surface area contributed by atoms with Gasteiger partial charge in [0.1, 0.15) is 17.2 Å². The lowest BCUT2D eigenvalue weighted by Gasteiger charge is -2.30. The van der Waals surface area contributed by atoms with E-state index in [2.05, 4.69) is 72.4 Å². The Kier molecular flexibility index (Phi) is 18.1. The van der Waals surface area contributed by atoms with Crippen LogP contribution in [0.1, 0.15) is 151 Å². The largest absolute Gasteiger partial charge is 0.444 e. The van der Waals surface area contributed by atoms with Crippen LogP contribution in [-0.4, -0.2) is 72.0 Å². The van der Waals surface area contributed by atoms with Crippen LogP contribution in [0.5, 0.6) is 0 Å². The molecule has 4 aromatic rings. The minimum atomic E-state index is -0.684. The Morgan fingerprint density at radius 1 is 0.710 bits per heavy atom. The number of halogens is 1. The Balaban J connectivity index is 0.000000214. The van der Waals surface area contributed by atoms with Crippen molar-refractivity contribution in [3.63, 3.8) is 0 Å². The maximum absolute atomic E-state index is 11.8. The van der Waals surface area contributed by atoms with Crippen LogP contribution in [0.3, 0.4) is 0 Å². The highest BCUT2D eigenvalue weighted by Gasteiger charge is 2.26. The molecule has 6 rings (SSSR count). The molecular weight excluding hydrogens is 810 g/mol. The van der Waals surface area contributed by atoms with E-state index in [-0.39, 0.29) is 34.7 Å². The second-order valence-electron chi connectivity index (χ2n) is 17.3. The SMILES string of the molecule is CC(C)c1cccc(Nc2cc(Cl)nnc2C(N)=O)n1.CC(C)c1cccc(Nc2cc(N[C@@H]3CCCC[C@@H]3N)nnc2C(N)=O)n1.C[C@@H]1CCCC[C@@H]1NC(=O)OC(C)(C)C. The lowest BCUT2D eigenvalue weighted by atomic mass is 9.86. The summed E-state index contributed by atoms with van der Waals surface area (Å²) < 4.78 is 5.24. The van der Waals surface area contributed by atoms with E-state index in [1.54, 1.807) is 12.1 Å². The van der Waals surface area contributed by atoms with E-state index in [0.717, 1.165) is 43.5 Å². The van der Waals surface area contributed by atoms with Crippen LogP contribution in [0.15, 0.2) is 48.5 Å². The average molecular weight is 875 g/mol. The molecule has 0 aromatic carbocycles. The molecule has 0 bridgehead atoms. The van der Waals surface area contributed by atoms with Crippen molar-refractivity contribution in [1.29, 1.82) is 0 Å². The zero-order valence-electron chi connectivity index (χ0n) is 37.2. The van der Waals surface area contributed by atoms with Gasteiger partial charge in [0.25, 0.3) is 11.8 Å². The van der Waals surface area contributed by atoms with Gasteiger partial charge in [-0.15, -0.1) is 20.4 Å². The lowest BCUT2D eigenvalue weighted by molar-refractivity contribution is 0.0473. The molecule has 2 aliphatic carbocycles. The summed E-state index contributed by atoms with van der Waals surface area (Å²) in [5, 5.41) is 28.0. The zero-order chi connectivity index (χ0) is 45.6. The Morgan fingerprint density at radius 3 is 1.71 bits per heavy atom. The number of primary amides is 2. The minimum absolute atomic E-state index is 0.0196. The number of aromatic nitrogens is 6. The number of ether oxygens (including phenoxy) is 1. The molecule has 10 N–H and O–H groups in total. The lowest BCUT2D eigenvalue weighted by Crippen LogP contribution is -2.43. The molecule has 2 fully saturated rings. The van der Waals surface area contributed by atoms with Crippen LogP contribution in [0.2, 0.25) is 5.15 Å². The smallest absolute Gasteiger partial charge is 0.407 e. The van der Waals surface area contributed by atoms with Crippen molar-refractivity contribution >= 4 is 58.3 Å². The molecule has 4 atom stereocenters. The average Bonchev–Trinajstić information content (AvgIpc) is 3.19. The van der Waals surface area contributed by atoms with E-state index < -0.39 is 17.4 Å². The minimum Gasteiger partial charge on any atom is -0.444 e. The topological polar surface area (TPSA) is 264 Å². The fourth-order valence-electron chi connectivity index (χ4n) is 6.86. The van der Waals surface area contributed by atoms with Gasteiger partial charge in [-0.05, 0) is 88.5 Å². The van der Waals surface area contributed by atoms with Crippen molar-refractivity contribution in [2.45, 2.75) is 142 Å². The van der Waals surface area contributed by atoms with Gasteiger partial charge in [-0.1, -0.05) is 84.0 Å². The fourth-order valence-corrected chi connectivity index (χ4v) is 7.01. The van der Waals surface area contributed by atoms with Crippen molar-refractivity contribution < 1.29 is 19.1 Å². The summed E-state index contributed by atoms with van der Waals surface area (Å²) in [5.41, 5.74) is 19.3. The van der Waals surface area contributed by atoms with Crippen LogP contribution in [0, 0.1) is 5.92 Å². The van der Waals surface area contributed by atoms with Crippen LogP contribution in [0.4, 0.5) is 33.6 Å². The first-order chi connectivity index (χ1) is 29.3. The van der Waals surface area contributed by atoms with Crippen LogP contribution in [-0.2, 0) is 4.74 Å². The molecule has 62 heavy (non-hydrogen) atoms. The number of alkyl carbamates (subject to hydrolysis) is 1. The van der Waals surface area contributed by atoms with Gasteiger partial charge >= 0.3 is 6.09 Å². The van der Waals surface area contributed by atoms with Gasteiger partial charge < -0.3 is 43.2 Å². The molecule has 2 saturated carbocycles. The molecule has 0 radical (unpaired) electrons.